The molecule has 0 saturated heterocycles. The van der Waals surface area contributed by atoms with Crippen LogP contribution < -0.4 is 10.6 Å². The summed E-state index contributed by atoms with van der Waals surface area (Å²) in [5, 5.41) is 6.81. The Labute approximate surface area is 98.6 Å². The van der Waals surface area contributed by atoms with E-state index in [-0.39, 0.29) is 0 Å². The molecule has 0 spiro atoms. The molecule has 1 rings (SSSR count). The molecule has 0 unspecified atom stereocenters. The Balaban J connectivity index is 2.43. The van der Waals surface area contributed by atoms with Crippen LogP contribution in [0.25, 0.3) is 0 Å². The van der Waals surface area contributed by atoms with E-state index in [4.69, 9.17) is 0 Å². The van der Waals surface area contributed by atoms with E-state index in [0.717, 1.165) is 63.5 Å². The van der Waals surface area contributed by atoms with E-state index in [1.165, 1.54) is 0 Å². The zero-order chi connectivity index (χ0) is 11.6. The molecule has 2 N–H and O–H groups in total. The Bertz CT molecular complexity index is 219. The van der Waals surface area contributed by atoms with Crippen molar-refractivity contribution in [3.05, 3.63) is 0 Å². The van der Waals surface area contributed by atoms with Crippen LogP contribution in [0.15, 0.2) is 9.98 Å². The molecule has 16 heavy (non-hydrogen) atoms. The standard InChI is InChI=1S/C12H24N4/c1-11-12(2)16-8-4-6-14-10-9-13-5-3-7-15-11/h13-14H,3-10H2,1-2H3/b15-11-,16-12+. The van der Waals surface area contributed by atoms with Crippen LogP contribution in [0.5, 0.6) is 0 Å². The van der Waals surface area contributed by atoms with Gasteiger partial charge in [0.2, 0.25) is 0 Å². The van der Waals surface area contributed by atoms with Gasteiger partial charge in [-0.15, -0.1) is 0 Å². The largest absolute Gasteiger partial charge is 0.315 e. The molecule has 0 saturated carbocycles. The van der Waals surface area contributed by atoms with Gasteiger partial charge in [-0.1, -0.05) is 0 Å². The molecule has 4 heteroatoms. The zero-order valence-electron chi connectivity index (χ0n) is 10.6. The molecule has 0 bridgehead atoms. The molecule has 0 aromatic carbocycles. The second kappa shape index (κ2) is 8.42. The molecule has 1 aliphatic heterocycles. The fourth-order valence-corrected chi connectivity index (χ4v) is 1.56. The van der Waals surface area contributed by atoms with Crippen LogP contribution in [0, 0.1) is 0 Å². The van der Waals surface area contributed by atoms with Crippen LogP contribution in [0.1, 0.15) is 26.7 Å². The highest BCUT2D eigenvalue weighted by atomic mass is 14.9. The van der Waals surface area contributed by atoms with E-state index in [9.17, 15) is 0 Å². The molecule has 92 valence electrons. The first-order valence-electron chi connectivity index (χ1n) is 6.24. The summed E-state index contributed by atoms with van der Waals surface area (Å²) >= 11 is 0. The summed E-state index contributed by atoms with van der Waals surface area (Å²) in [5.41, 5.74) is 2.18. The van der Waals surface area contributed by atoms with Gasteiger partial charge in [0.05, 0.1) is 11.4 Å². The lowest BCUT2D eigenvalue weighted by molar-refractivity contribution is 0.590. The van der Waals surface area contributed by atoms with Gasteiger partial charge < -0.3 is 10.6 Å². The first-order valence-corrected chi connectivity index (χ1v) is 6.24. The number of hydrogen-bond acceptors (Lipinski definition) is 4. The minimum Gasteiger partial charge on any atom is -0.315 e. The molecule has 0 radical (unpaired) electrons. The van der Waals surface area contributed by atoms with E-state index in [2.05, 4.69) is 34.5 Å². The van der Waals surface area contributed by atoms with Gasteiger partial charge in [0.1, 0.15) is 0 Å². The van der Waals surface area contributed by atoms with Crippen LogP contribution in [0.4, 0.5) is 0 Å². The number of nitrogens with zero attached hydrogens (tertiary/aromatic N) is 2. The zero-order valence-corrected chi connectivity index (χ0v) is 10.6. The van der Waals surface area contributed by atoms with Crippen LogP contribution in [-0.4, -0.2) is 50.7 Å². The van der Waals surface area contributed by atoms with Gasteiger partial charge in [0.15, 0.2) is 0 Å². The Morgan fingerprint density at radius 3 is 1.62 bits per heavy atom. The molecule has 0 amide bonds. The predicted octanol–water partition coefficient (Wildman–Crippen LogP) is 0.881. The van der Waals surface area contributed by atoms with Crippen molar-refractivity contribution in [1.82, 2.24) is 10.6 Å². The first kappa shape index (κ1) is 13.3. The van der Waals surface area contributed by atoms with E-state index < -0.39 is 0 Å². The highest BCUT2D eigenvalue weighted by molar-refractivity contribution is 6.40. The minimum atomic E-state index is 0.902. The van der Waals surface area contributed by atoms with Gasteiger partial charge in [-0.25, -0.2) is 0 Å². The van der Waals surface area contributed by atoms with Gasteiger partial charge in [0, 0.05) is 26.2 Å². The van der Waals surface area contributed by atoms with Gasteiger partial charge in [-0.3, -0.25) is 9.98 Å². The van der Waals surface area contributed by atoms with Crippen LogP contribution in [0.2, 0.25) is 0 Å². The smallest absolute Gasteiger partial charge is 0.0524 e. The molecule has 1 heterocycles. The van der Waals surface area contributed by atoms with Gasteiger partial charge in [-0.2, -0.15) is 0 Å². The predicted molar refractivity (Wildman–Crippen MR) is 70.9 cm³/mol. The highest BCUT2D eigenvalue weighted by Crippen LogP contribution is 1.90. The van der Waals surface area contributed by atoms with Crippen molar-refractivity contribution in [2.45, 2.75) is 26.7 Å². The molecular weight excluding hydrogens is 200 g/mol. The maximum atomic E-state index is 4.52. The SMILES string of the molecule is CC1=N/CCCNCCNCCC\N=C\1C. The number of nitrogens with one attached hydrogen (secondary N) is 2. The molecule has 0 aromatic rings. The average Bonchev–Trinajstić information content (AvgIpc) is 2.29. The quantitative estimate of drug-likeness (QED) is 0.642. The number of aliphatic imine (C=N–C) groups is 2. The third-order valence-corrected chi connectivity index (χ3v) is 2.72. The van der Waals surface area contributed by atoms with Gasteiger partial charge >= 0.3 is 0 Å². The van der Waals surface area contributed by atoms with Crippen molar-refractivity contribution in [3.8, 4) is 0 Å². The number of rotatable bonds is 0. The second-order valence-corrected chi connectivity index (χ2v) is 4.14. The fourth-order valence-electron chi connectivity index (χ4n) is 1.56. The summed E-state index contributed by atoms with van der Waals surface area (Å²) in [5.74, 6) is 0. The molecular formula is C12H24N4. The Kier molecular flexibility index (Phi) is 7.01. The van der Waals surface area contributed by atoms with E-state index in [1.807, 2.05) is 0 Å². The van der Waals surface area contributed by atoms with Crippen molar-refractivity contribution in [1.29, 1.82) is 0 Å². The molecule has 0 aromatic heterocycles. The third kappa shape index (κ3) is 5.98. The molecule has 1 aliphatic rings. The second-order valence-electron chi connectivity index (χ2n) is 4.14. The summed E-state index contributed by atoms with van der Waals surface area (Å²) in [6, 6.07) is 0. The molecule has 0 atom stereocenters. The number of hydrogen-bond donors (Lipinski definition) is 2. The van der Waals surface area contributed by atoms with E-state index >= 15 is 0 Å². The van der Waals surface area contributed by atoms with Crippen molar-refractivity contribution >= 4 is 11.4 Å². The summed E-state index contributed by atoms with van der Waals surface area (Å²) in [7, 11) is 0. The van der Waals surface area contributed by atoms with E-state index in [1.54, 1.807) is 0 Å². The van der Waals surface area contributed by atoms with Crippen LogP contribution in [0.3, 0.4) is 0 Å². The van der Waals surface area contributed by atoms with Crippen LogP contribution in [-0.2, 0) is 0 Å². The fraction of sp³-hybridized carbons (Fsp3) is 0.833. The minimum absolute atomic E-state index is 0.902. The maximum Gasteiger partial charge on any atom is 0.0524 e. The van der Waals surface area contributed by atoms with Crippen LogP contribution >= 0.6 is 0 Å². The average molecular weight is 224 g/mol. The van der Waals surface area contributed by atoms with Gasteiger partial charge in [0.25, 0.3) is 0 Å². The third-order valence-electron chi connectivity index (χ3n) is 2.72. The van der Waals surface area contributed by atoms with Crippen molar-refractivity contribution < 1.29 is 0 Å². The normalized spacial score (nSPS) is 28.4. The van der Waals surface area contributed by atoms with E-state index in [0.29, 0.717) is 0 Å². The Morgan fingerprint density at radius 2 is 1.19 bits per heavy atom. The summed E-state index contributed by atoms with van der Waals surface area (Å²) in [4.78, 5) is 9.05. The monoisotopic (exact) mass is 224 g/mol. The lowest BCUT2D eigenvalue weighted by atomic mass is 10.2. The topological polar surface area (TPSA) is 48.8 Å². The van der Waals surface area contributed by atoms with Gasteiger partial charge in [-0.05, 0) is 39.8 Å². The summed E-state index contributed by atoms with van der Waals surface area (Å²) in [6.07, 6.45) is 2.20. The molecule has 0 fully saturated rings. The van der Waals surface area contributed by atoms with Crippen molar-refractivity contribution in [3.63, 3.8) is 0 Å². The summed E-state index contributed by atoms with van der Waals surface area (Å²) < 4.78 is 0. The van der Waals surface area contributed by atoms with Crippen molar-refractivity contribution in [2.75, 3.05) is 39.3 Å². The maximum absolute atomic E-state index is 4.52. The lowest BCUT2D eigenvalue weighted by Gasteiger charge is -2.07. The highest BCUT2D eigenvalue weighted by Gasteiger charge is 1.97. The first-order chi connectivity index (χ1) is 7.80. The molecule has 4 nitrogen and oxygen atoms in total. The van der Waals surface area contributed by atoms with Crippen molar-refractivity contribution in [2.24, 2.45) is 9.98 Å². The molecule has 0 aliphatic carbocycles. The lowest BCUT2D eigenvalue weighted by Crippen LogP contribution is -2.29. The Morgan fingerprint density at radius 1 is 0.750 bits per heavy atom. The summed E-state index contributed by atoms with van der Waals surface area (Å²) in [6.45, 7) is 10.1. The Hall–Kier alpha value is -0.740.